The monoisotopic (exact) mass is 390 g/mol. The van der Waals surface area contributed by atoms with E-state index in [4.69, 9.17) is 0 Å². The molecular formula is C18H22N4O4S. The second kappa shape index (κ2) is 7.91. The fraction of sp³-hybridized carbons (Fsp3) is 0.444. The summed E-state index contributed by atoms with van der Waals surface area (Å²) in [5.41, 5.74) is 1.30. The average molecular weight is 390 g/mol. The van der Waals surface area contributed by atoms with E-state index in [1.165, 1.54) is 11.3 Å². The summed E-state index contributed by atoms with van der Waals surface area (Å²) in [5.74, 6) is -1.26. The zero-order valence-electron chi connectivity index (χ0n) is 15.2. The van der Waals surface area contributed by atoms with Crippen LogP contribution in [0.4, 0.5) is 0 Å². The van der Waals surface area contributed by atoms with Crippen LogP contribution >= 0.6 is 11.3 Å². The molecule has 0 saturated heterocycles. The maximum Gasteiger partial charge on any atom is 0.356 e. The van der Waals surface area contributed by atoms with E-state index in [0.29, 0.717) is 35.5 Å². The molecule has 8 nitrogen and oxygen atoms in total. The van der Waals surface area contributed by atoms with Gasteiger partial charge in [-0.3, -0.25) is 14.7 Å². The van der Waals surface area contributed by atoms with E-state index < -0.39 is 12.0 Å². The smallest absolute Gasteiger partial charge is 0.356 e. The van der Waals surface area contributed by atoms with Crippen LogP contribution in [0.1, 0.15) is 51.7 Å². The molecule has 1 unspecified atom stereocenters. The number of hydrogen-bond acceptors (Lipinski definition) is 5. The Labute approximate surface area is 160 Å². The maximum absolute atomic E-state index is 13.1. The lowest BCUT2D eigenvalue weighted by Crippen LogP contribution is -2.50. The van der Waals surface area contributed by atoms with Crippen molar-refractivity contribution in [1.82, 2.24) is 20.4 Å². The Morgan fingerprint density at radius 3 is 2.81 bits per heavy atom. The summed E-state index contributed by atoms with van der Waals surface area (Å²) in [5, 5.41) is 20.4. The number of fused-ring (bicyclic) bond motifs is 1. The van der Waals surface area contributed by atoms with Gasteiger partial charge in [0.2, 0.25) is 5.91 Å². The van der Waals surface area contributed by atoms with Crippen molar-refractivity contribution in [2.24, 2.45) is 5.92 Å². The summed E-state index contributed by atoms with van der Waals surface area (Å²) in [7, 11) is 0. The molecule has 1 atom stereocenters. The summed E-state index contributed by atoms with van der Waals surface area (Å²) >= 11 is 1.33. The second-order valence-corrected chi connectivity index (χ2v) is 7.92. The molecule has 144 valence electrons. The number of rotatable bonds is 6. The van der Waals surface area contributed by atoms with Gasteiger partial charge in [0.05, 0.1) is 17.1 Å². The van der Waals surface area contributed by atoms with Crippen LogP contribution in [0.15, 0.2) is 17.5 Å². The number of carboxylic acid groups (broad SMARTS) is 1. The largest absolute Gasteiger partial charge is 0.476 e. The number of amides is 2. The Kier molecular flexibility index (Phi) is 5.59. The fourth-order valence-corrected chi connectivity index (χ4v) is 3.86. The normalized spacial score (nSPS) is 14.7. The van der Waals surface area contributed by atoms with E-state index in [1.54, 1.807) is 17.0 Å². The number of nitrogens with one attached hydrogen (secondary N) is 2. The predicted octanol–water partition coefficient (Wildman–Crippen LogP) is 1.90. The van der Waals surface area contributed by atoms with E-state index in [1.807, 2.05) is 19.2 Å². The van der Waals surface area contributed by atoms with Gasteiger partial charge in [-0.25, -0.2) is 4.79 Å². The quantitative estimate of drug-likeness (QED) is 0.697. The summed E-state index contributed by atoms with van der Waals surface area (Å²) in [6, 6.07) is 2.90. The molecule has 0 spiro atoms. The van der Waals surface area contributed by atoms with Crippen LogP contribution in [-0.4, -0.2) is 50.6 Å². The highest BCUT2D eigenvalue weighted by Crippen LogP contribution is 2.22. The number of H-pyrrole nitrogens is 1. The first-order valence-electron chi connectivity index (χ1n) is 8.79. The number of carboxylic acids is 1. The van der Waals surface area contributed by atoms with Crippen molar-refractivity contribution in [2.75, 3.05) is 6.54 Å². The Morgan fingerprint density at radius 1 is 1.41 bits per heavy atom. The van der Waals surface area contributed by atoms with Gasteiger partial charge in [-0.2, -0.15) is 5.10 Å². The van der Waals surface area contributed by atoms with Gasteiger partial charge in [0, 0.05) is 12.1 Å². The van der Waals surface area contributed by atoms with Gasteiger partial charge in [0.1, 0.15) is 6.04 Å². The Hall–Kier alpha value is -2.68. The molecule has 2 aromatic rings. The molecule has 0 fully saturated rings. The van der Waals surface area contributed by atoms with E-state index in [9.17, 15) is 19.5 Å². The minimum Gasteiger partial charge on any atom is -0.476 e. The van der Waals surface area contributed by atoms with Gasteiger partial charge >= 0.3 is 5.97 Å². The lowest BCUT2D eigenvalue weighted by molar-refractivity contribution is -0.134. The third-order valence-corrected chi connectivity index (χ3v) is 5.37. The summed E-state index contributed by atoms with van der Waals surface area (Å²) in [6.07, 6.45) is 0.954. The van der Waals surface area contributed by atoms with Crippen molar-refractivity contribution in [3.8, 4) is 0 Å². The van der Waals surface area contributed by atoms with Crippen LogP contribution < -0.4 is 5.32 Å². The van der Waals surface area contributed by atoms with Gasteiger partial charge < -0.3 is 15.3 Å². The van der Waals surface area contributed by atoms with Gasteiger partial charge in [0.15, 0.2) is 5.69 Å². The van der Waals surface area contributed by atoms with Crippen molar-refractivity contribution >= 4 is 29.1 Å². The molecule has 0 aromatic carbocycles. The van der Waals surface area contributed by atoms with Crippen LogP contribution in [-0.2, 0) is 17.8 Å². The van der Waals surface area contributed by atoms with E-state index >= 15 is 0 Å². The first-order chi connectivity index (χ1) is 12.9. The van der Waals surface area contributed by atoms with Gasteiger partial charge in [-0.1, -0.05) is 19.9 Å². The summed E-state index contributed by atoms with van der Waals surface area (Å²) < 4.78 is 0. The van der Waals surface area contributed by atoms with E-state index in [2.05, 4.69) is 15.5 Å². The van der Waals surface area contributed by atoms with Crippen LogP contribution in [0.25, 0.3) is 0 Å². The van der Waals surface area contributed by atoms with Crippen LogP contribution in [0.5, 0.6) is 0 Å². The zero-order valence-corrected chi connectivity index (χ0v) is 16.0. The standard InChI is InChI=1S/C18H22N4O4S/c1-10(2)8-12(19-16(23)14-4-3-7-27-14)17(24)22-6-5-11-13(9-22)20-21-15(11)18(25)26/h3-4,7,10,12H,5-6,8-9H2,1-2H3,(H,19,23)(H,20,21)(H,25,26). The van der Waals surface area contributed by atoms with Crippen LogP contribution in [0.3, 0.4) is 0 Å². The van der Waals surface area contributed by atoms with Crippen molar-refractivity contribution in [1.29, 1.82) is 0 Å². The fourth-order valence-electron chi connectivity index (χ4n) is 3.23. The maximum atomic E-state index is 13.1. The zero-order chi connectivity index (χ0) is 19.6. The third kappa shape index (κ3) is 4.19. The Morgan fingerprint density at radius 2 is 2.19 bits per heavy atom. The number of aromatic nitrogens is 2. The average Bonchev–Trinajstić information content (AvgIpc) is 3.29. The molecule has 0 saturated carbocycles. The van der Waals surface area contributed by atoms with Crippen molar-refractivity contribution < 1.29 is 19.5 Å². The molecule has 2 amide bonds. The molecule has 3 heterocycles. The minimum absolute atomic E-state index is 0.0156. The number of aromatic carboxylic acids is 1. The first kappa shape index (κ1) is 19.1. The number of hydrogen-bond donors (Lipinski definition) is 3. The summed E-state index contributed by atoms with van der Waals surface area (Å²) in [6.45, 7) is 4.66. The van der Waals surface area contributed by atoms with Gasteiger partial charge in [0.25, 0.3) is 5.91 Å². The highest BCUT2D eigenvalue weighted by Gasteiger charge is 2.32. The van der Waals surface area contributed by atoms with E-state index in [-0.39, 0.29) is 30.0 Å². The molecule has 2 aromatic heterocycles. The number of thiophene rings is 1. The van der Waals surface area contributed by atoms with Crippen molar-refractivity contribution in [2.45, 2.75) is 39.3 Å². The lowest BCUT2D eigenvalue weighted by Gasteiger charge is -2.31. The predicted molar refractivity (Wildman–Crippen MR) is 99.7 cm³/mol. The number of carbonyl (C=O) groups is 3. The molecule has 9 heteroatoms. The molecule has 1 aliphatic rings. The SMILES string of the molecule is CC(C)CC(NC(=O)c1cccs1)C(=O)N1CCc2c(C(=O)O)n[nH]c2C1. The first-order valence-corrected chi connectivity index (χ1v) is 9.67. The molecular weight excluding hydrogens is 368 g/mol. The summed E-state index contributed by atoms with van der Waals surface area (Å²) in [4.78, 5) is 38.9. The Balaban J connectivity index is 1.74. The third-order valence-electron chi connectivity index (χ3n) is 4.50. The molecule has 0 aliphatic carbocycles. The molecule has 3 rings (SSSR count). The lowest BCUT2D eigenvalue weighted by atomic mass is 9.99. The van der Waals surface area contributed by atoms with Gasteiger partial charge in [-0.15, -0.1) is 11.3 Å². The molecule has 0 radical (unpaired) electrons. The Bertz CT molecular complexity index is 844. The number of aromatic amines is 1. The number of carbonyl (C=O) groups excluding carboxylic acids is 2. The highest BCUT2D eigenvalue weighted by molar-refractivity contribution is 7.12. The van der Waals surface area contributed by atoms with E-state index in [0.717, 1.165) is 0 Å². The van der Waals surface area contributed by atoms with Crippen LogP contribution in [0, 0.1) is 5.92 Å². The van der Waals surface area contributed by atoms with Gasteiger partial charge in [-0.05, 0) is 30.2 Å². The molecule has 27 heavy (non-hydrogen) atoms. The van der Waals surface area contributed by atoms with Crippen molar-refractivity contribution in [3.63, 3.8) is 0 Å². The second-order valence-electron chi connectivity index (χ2n) is 6.98. The van der Waals surface area contributed by atoms with Crippen LogP contribution in [0.2, 0.25) is 0 Å². The molecule has 1 aliphatic heterocycles. The topological polar surface area (TPSA) is 115 Å². The van der Waals surface area contributed by atoms with Crippen molar-refractivity contribution in [3.05, 3.63) is 39.3 Å². The molecule has 0 bridgehead atoms. The minimum atomic E-state index is -1.08. The molecule has 3 N–H and O–H groups in total. The highest BCUT2D eigenvalue weighted by atomic mass is 32.1. The number of nitrogens with zero attached hydrogens (tertiary/aromatic N) is 2.